The Hall–Kier alpha value is -1.20. The summed E-state index contributed by atoms with van der Waals surface area (Å²) in [6.07, 6.45) is -0.113. The first-order valence-electron chi connectivity index (χ1n) is 6.37. The number of fused-ring (bicyclic) bond motifs is 2. The Morgan fingerprint density at radius 3 is 2.91 bits per heavy atom. The van der Waals surface area contributed by atoms with E-state index in [0.29, 0.717) is 11.2 Å². The monoisotopic (exact) mass is 344 g/mol. The normalized spacial score (nSPS) is 37.7. The first-order chi connectivity index (χ1) is 10.5. The highest BCUT2D eigenvalue weighted by atomic mass is 32.5. The van der Waals surface area contributed by atoms with Gasteiger partial charge in [-0.3, -0.25) is 4.57 Å². The van der Waals surface area contributed by atoms with E-state index < -0.39 is 31.3 Å². The third kappa shape index (κ3) is 2.06. The molecule has 5 atom stereocenters. The molecule has 2 saturated heterocycles. The zero-order chi connectivity index (χ0) is 15.5. The summed E-state index contributed by atoms with van der Waals surface area (Å²) in [5.41, 5.74) is 6.59. The Kier molecular flexibility index (Phi) is 3.20. The van der Waals surface area contributed by atoms with Gasteiger partial charge in [0.25, 0.3) is 0 Å². The molecule has 0 bridgehead atoms. The first-order valence-corrected chi connectivity index (χ1v) is 8.93. The van der Waals surface area contributed by atoms with Crippen LogP contribution < -0.4 is 10.6 Å². The summed E-state index contributed by atoms with van der Waals surface area (Å²) >= 11 is 4.77. The molecule has 0 amide bonds. The minimum Gasteiger partial charge on any atom is -0.780 e. The highest BCUT2D eigenvalue weighted by Gasteiger charge is 2.53. The van der Waals surface area contributed by atoms with Crippen LogP contribution in [0.25, 0.3) is 11.2 Å². The van der Waals surface area contributed by atoms with E-state index in [9.17, 15) is 10.00 Å². The van der Waals surface area contributed by atoms with Crippen LogP contribution in [0.2, 0.25) is 0 Å². The van der Waals surface area contributed by atoms with Crippen molar-refractivity contribution in [2.24, 2.45) is 0 Å². The summed E-state index contributed by atoms with van der Waals surface area (Å²) in [6.45, 7) is -3.90. The molecule has 118 valence electrons. The van der Waals surface area contributed by atoms with Gasteiger partial charge in [-0.1, -0.05) is 11.8 Å². The quantitative estimate of drug-likeness (QED) is 0.629. The molecule has 5 unspecified atom stereocenters. The van der Waals surface area contributed by atoms with Crippen LogP contribution in [-0.2, 0) is 25.6 Å². The standard InChI is InChI=1S/C10H12N5O5PS/c11-8-5-9(13-2-12-8)15(3-14-5)10-7-6(4(1-16)18-10)19-21(17,22)20-7/h2-4,6-7,10,16H,1H2,(H,17,22)(H2,11,12,13)/p-1. The van der Waals surface area contributed by atoms with E-state index in [-0.39, 0.29) is 12.4 Å². The number of nitrogens with zero attached hydrogens (tertiary/aromatic N) is 4. The lowest BCUT2D eigenvalue weighted by Crippen LogP contribution is -2.30. The van der Waals surface area contributed by atoms with Crippen LogP contribution in [0.15, 0.2) is 12.7 Å². The maximum atomic E-state index is 11.9. The Morgan fingerprint density at radius 2 is 2.14 bits per heavy atom. The van der Waals surface area contributed by atoms with Gasteiger partial charge in [0.05, 0.1) is 12.9 Å². The van der Waals surface area contributed by atoms with Gasteiger partial charge in [-0.05, 0) is 0 Å². The Bertz CT molecular complexity index is 786. The van der Waals surface area contributed by atoms with Crippen molar-refractivity contribution in [3.05, 3.63) is 12.7 Å². The Morgan fingerprint density at radius 1 is 1.36 bits per heavy atom. The molecule has 0 aliphatic carbocycles. The van der Waals surface area contributed by atoms with Crippen molar-refractivity contribution in [1.29, 1.82) is 0 Å². The van der Waals surface area contributed by atoms with Gasteiger partial charge in [0, 0.05) is 0 Å². The van der Waals surface area contributed by atoms with E-state index >= 15 is 0 Å². The van der Waals surface area contributed by atoms with Crippen LogP contribution in [-0.4, -0.2) is 49.5 Å². The topological polar surface area (TPSA) is 141 Å². The number of aliphatic hydroxyl groups is 1. The predicted octanol–water partition coefficient (Wildman–Crippen LogP) is -1.33. The predicted molar refractivity (Wildman–Crippen MR) is 74.8 cm³/mol. The van der Waals surface area contributed by atoms with Gasteiger partial charge in [0.1, 0.15) is 36.9 Å². The molecule has 2 aliphatic rings. The Labute approximate surface area is 129 Å². The molecule has 10 nitrogen and oxygen atoms in total. The second-order valence-corrected chi connectivity index (χ2v) is 7.58. The third-order valence-electron chi connectivity index (χ3n) is 3.63. The van der Waals surface area contributed by atoms with E-state index in [1.54, 1.807) is 4.57 Å². The lowest BCUT2D eigenvalue weighted by Gasteiger charge is -2.25. The fourth-order valence-electron chi connectivity index (χ4n) is 2.70. The van der Waals surface area contributed by atoms with Gasteiger partial charge in [0.15, 0.2) is 17.7 Å². The highest BCUT2D eigenvalue weighted by molar-refractivity contribution is 8.06. The molecule has 12 heteroatoms. The number of hydrogen-bond acceptors (Lipinski definition) is 10. The van der Waals surface area contributed by atoms with Crippen LogP contribution in [0.3, 0.4) is 0 Å². The molecule has 2 aliphatic heterocycles. The minimum absolute atomic E-state index is 0.231. The number of rotatable bonds is 2. The second-order valence-electron chi connectivity index (χ2n) is 4.92. The molecule has 3 N–H and O–H groups in total. The summed E-state index contributed by atoms with van der Waals surface area (Å²) in [4.78, 5) is 24.0. The van der Waals surface area contributed by atoms with Gasteiger partial charge in [-0.15, -0.1) is 0 Å². The molecule has 0 saturated carbocycles. The van der Waals surface area contributed by atoms with Crippen molar-refractivity contribution in [2.75, 3.05) is 12.3 Å². The average Bonchev–Trinajstić information content (AvgIpc) is 3.10. The zero-order valence-corrected chi connectivity index (χ0v) is 12.7. The van der Waals surface area contributed by atoms with Crippen LogP contribution in [0, 0.1) is 0 Å². The second kappa shape index (κ2) is 4.90. The van der Waals surface area contributed by atoms with Gasteiger partial charge >= 0.3 is 0 Å². The van der Waals surface area contributed by atoms with Crippen LogP contribution in [0.1, 0.15) is 6.23 Å². The maximum absolute atomic E-state index is 11.9. The van der Waals surface area contributed by atoms with E-state index in [1.807, 2.05) is 0 Å². The van der Waals surface area contributed by atoms with Crippen molar-refractivity contribution < 1.29 is 23.8 Å². The number of aliphatic hydroxyl groups excluding tert-OH is 1. The number of nitrogen functional groups attached to an aromatic ring is 1. The van der Waals surface area contributed by atoms with Crippen molar-refractivity contribution in [2.45, 2.75) is 24.5 Å². The van der Waals surface area contributed by atoms with Gasteiger partial charge in [0.2, 0.25) is 0 Å². The molecule has 0 aromatic carbocycles. The molecule has 22 heavy (non-hydrogen) atoms. The lowest BCUT2D eigenvalue weighted by atomic mass is 10.1. The van der Waals surface area contributed by atoms with Gasteiger partial charge in [-0.2, -0.15) is 0 Å². The zero-order valence-electron chi connectivity index (χ0n) is 11.0. The average molecular weight is 344 g/mol. The molecular formula is C10H11N5O5PS-. The molecule has 0 radical (unpaired) electrons. The summed E-state index contributed by atoms with van der Waals surface area (Å²) in [7, 11) is 0. The SMILES string of the molecule is Nc1ncnc2c1ncn2C1OC(CO)C2OP([O-])(=S)OC21. The third-order valence-corrected chi connectivity index (χ3v) is 5.15. The number of imidazole rings is 1. The molecule has 4 rings (SSSR count). The van der Waals surface area contributed by atoms with Crippen LogP contribution in [0.4, 0.5) is 5.82 Å². The fraction of sp³-hybridized carbons (Fsp3) is 0.500. The van der Waals surface area contributed by atoms with Gasteiger partial charge in [-0.25, -0.2) is 15.0 Å². The van der Waals surface area contributed by atoms with Crippen LogP contribution in [0.5, 0.6) is 0 Å². The minimum atomic E-state index is -3.58. The largest absolute Gasteiger partial charge is 0.780 e. The molecule has 2 fully saturated rings. The van der Waals surface area contributed by atoms with Crippen molar-refractivity contribution in [3.63, 3.8) is 0 Å². The van der Waals surface area contributed by atoms with E-state index in [0.717, 1.165) is 0 Å². The number of nitrogens with two attached hydrogens (primary N) is 1. The maximum Gasteiger partial charge on any atom is 0.167 e. The number of anilines is 1. The fourth-order valence-corrected chi connectivity index (χ4v) is 4.42. The highest BCUT2D eigenvalue weighted by Crippen LogP contribution is 2.56. The van der Waals surface area contributed by atoms with Crippen molar-refractivity contribution >= 4 is 35.5 Å². The smallest absolute Gasteiger partial charge is 0.167 e. The molecule has 2 aromatic rings. The van der Waals surface area contributed by atoms with Crippen molar-refractivity contribution in [1.82, 2.24) is 19.5 Å². The molecule has 0 spiro atoms. The lowest BCUT2D eigenvalue weighted by molar-refractivity contribution is -0.204. The van der Waals surface area contributed by atoms with Crippen molar-refractivity contribution in [3.8, 4) is 0 Å². The summed E-state index contributed by atoms with van der Waals surface area (Å²) in [5.74, 6) is 0.231. The molecule has 4 heterocycles. The van der Waals surface area contributed by atoms with E-state index in [1.165, 1.54) is 12.7 Å². The number of ether oxygens (including phenoxy) is 1. The summed E-state index contributed by atoms with van der Waals surface area (Å²) in [5, 5.41) is 9.40. The molecular weight excluding hydrogens is 333 g/mol. The van der Waals surface area contributed by atoms with Crippen LogP contribution >= 0.6 is 6.72 Å². The number of aromatic nitrogens is 4. The van der Waals surface area contributed by atoms with E-state index in [2.05, 4.69) is 15.0 Å². The Balaban J connectivity index is 1.78. The molecule has 2 aromatic heterocycles. The summed E-state index contributed by atoms with van der Waals surface area (Å²) < 4.78 is 17.8. The van der Waals surface area contributed by atoms with Gasteiger partial charge < -0.3 is 29.5 Å². The van der Waals surface area contributed by atoms with E-state index in [4.69, 9.17) is 31.3 Å². The number of hydrogen-bond donors (Lipinski definition) is 2. The summed E-state index contributed by atoms with van der Waals surface area (Å²) in [6, 6.07) is 0. The first kappa shape index (κ1) is 14.4.